The molecule has 0 spiro atoms. The first kappa shape index (κ1) is 15.0. The molecule has 0 aliphatic carbocycles. The van der Waals surface area contributed by atoms with Crippen LogP contribution in [0.1, 0.15) is 51.6 Å². The van der Waals surface area contributed by atoms with E-state index in [9.17, 15) is 4.79 Å². The second-order valence-electron chi connectivity index (χ2n) is 6.72. The average Bonchev–Trinajstić information content (AvgIpc) is 2.45. The SMILES string of the molecule is CC(C)(C)C(NC(=O)C1CCCCN1)c1ccccc1. The quantitative estimate of drug-likeness (QED) is 0.889. The molecule has 3 heteroatoms. The second kappa shape index (κ2) is 6.40. The van der Waals surface area contributed by atoms with E-state index in [1.807, 2.05) is 18.2 Å². The van der Waals surface area contributed by atoms with Crippen molar-refractivity contribution >= 4 is 5.91 Å². The van der Waals surface area contributed by atoms with Gasteiger partial charge in [-0.1, -0.05) is 57.5 Å². The summed E-state index contributed by atoms with van der Waals surface area (Å²) in [6.07, 6.45) is 3.25. The third-order valence-corrected chi connectivity index (χ3v) is 3.91. The van der Waals surface area contributed by atoms with Crippen molar-refractivity contribution in [3.05, 3.63) is 35.9 Å². The Bertz CT molecular complexity index is 430. The van der Waals surface area contributed by atoms with Gasteiger partial charge in [-0.05, 0) is 30.4 Å². The topological polar surface area (TPSA) is 41.1 Å². The van der Waals surface area contributed by atoms with E-state index in [1.54, 1.807) is 0 Å². The Morgan fingerprint density at radius 2 is 1.95 bits per heavy atom. The lowest BCUT2D eigenvalue weighted by atomic mass is 9.82. The molecule has 110 valence electrons. The van der Waals surface area contributed by atoms with Crippen LogP contribution in [0.15, 0.2) is 30.3 Å². The number of amides is 1. The van der Waals surface area contributed by atoms with Gasteiger partial charge >= 0.3 is 0 Å². The summed E-state index contributed by atoms with van der Waals surface area (Å²) in [6.45, 7) is 7.45. The van der Waals surface area contributed by atoms with Crippen LogP contribution >= 0.6 is 0 Å². The minimum Gasteiger partial charge on any atom is -0.347 e. The maximum atomic E-state index is 12.5. The fraction of sp³-hybridized carbons (Fsp3) is 0.588. The molecule has 3 nitrogen and oxygen atoms in total. The fourth-order valence-electron chi connectivity index (χ4n) is 2.76. The summed E-state index contributed by atoms with van der Waals surface area (Å²) in [4.78, 5) is 12.5. The molecule has 2 atom stereocenters. The molecule has 1 amide bonds. The van der Waals surface area contributed by atoms with Crippen molar-refractivity contribution in [2.45, 2.75) is 52.1 Å². The molecule has 1 fully saturated rings. The molecule has 2 unspecified atom stereocenters. The molecule has 0 radical (unpaired) electrons. The van der Waals surface area contributed by atoms with E-state index in [0.717, 1.165) is 19.4 Å². The minimum atomic E-state index is -0.0303. The molecule has 1 aromatic carbocycles. The van der Waals surface area contributed by atoms with Crippen molar-refractivity contribution in [2.75, 3.05) is 6.54 Å². The summed E-state index contributed by atoms with van der Waals surface area (Å²) in [5, 5.41) is 6.56. The van der Waals surface area contributed by atoms with Gasteiger partial charge in [0, 0.05) is 0 Å². The molecule has 1 saturated heterocycles. The van der Waals surface area contributed by atoms with Gasteiger partial charge in [0.2, 0.25) is 5.91 Å². The van der Waals surface area contributed by atoms with E-state index in [1.165, 1.54) is 12.0 Å². The van der Waals surface area contributed by atoms with Crippen LogP contribution in [0.25, 0.3) is 0 Å². The van der Waals surface area contributed by atoms with Crippen molar-refractivity contribution < 1.29 is 4.79 Å². The summed E-state index contributed by atoms with van der Waals surface area (Å²) < 4.78 is 0. The Balaban J connectivity index is 2.10. The van der Waals surface area contributed by atoms with Gasteiger partial charge in [0.1, 0.15) is 0 Å². The predicted octanol–water partition coefficient (Wildman–Crippen LogP) is 3.03. The first-order chi connectivity index (χ1) is 9.48. The summed E-state index contributed by atoms with van der Waals surface area (Å²) in [6, 6.07) is 10.2. The zero-order valence-electron chi connectivity index (χ0n) is 12.8. The van der Waals surface area contributed by atoms with E-state index in [0.29, 0.717) is 0 Å². The Morgan fingerprint density at radius 3 is 2.50 bits per heavy atom. The van der Waals surface area contributed by atoms with Crippen molar-refractivity contribution in [1.82, 2.24) is 10.6 Å². The van der Waals surface area contributed by atoms with E-state index >= 15 is 0 Å². The Labute approximate surface area is 122 Å². The van der Waals surface area contributed by atoms with Gasteiger partial charge < -0.3 is 10.6 Å². The first-order valence-electron chi connectivity index (χ1n) is 7.57. The van der Waals surface area contributed by atoms with Crippen molar-refractivity contribution in [3.8, 4) is 0 Å². The lowest BCUT2D eigenvalue weighted by Crippen LogP contribution is -2.49. The number of rotatable bonds is 3. The molecular weight excluding hydrogens is 248 g/mol. The van der Waals surface area contributed by atoms with E-state index in [2.05, 4.69) is 43.5 Å². The van der Waals surface area contributed by atoms with Crippen LogP contribution in [0, 0.1) is 5.41 Å². The highest BCUT2D eigenvalue weighted by Gasteiger charge is 2.30. The number of hydrogen-bond acceptors (Lipinski definition) is 2. The van der Waals surface area contributed by atoms with Gasteiger partial charge in [0.15, 0.2) is 0 Å². The molecule has 2 rings (SSSR count). The molecule has 1 aromatic rings. The predicted molar refractivity (Wildman–Crippen MR) is 82.4 cm³/mol. The monoisotopic (exact) mass is 274 g/mol. The Hall–Kier alpha value is -1.35. The van der Waals surface area contributed by atoms with Crippen LogP contribution in [0.3, 0.4) is 0 Å². The molecule has 0 saturated carbocycles. The van der Waals surface area contributed by atoms with Gasteiger partial charge in [-0.3, -0.25) is 4.79 Å². The molecule has 20 heavy (non-hydrogen) atoms. The van der Waals surface area contributed by atoms with Crippen LogP contribution in [-0.4, -0.2) is 18.5 Å². The van der Waals surface area contributed by atoms with E-state index < -0.39 is 0 Å². The fourth-order valence-corrected chi connectivity index (χ4v) is 2.76. The molecule has 0 bridgehead atoms. The third-order valence-electron chi connectivity index (χ3n) is 3.91. The number of piperidine rings is 1. The number of nitrogens with one attached hydrogen (secondary N) is 2. The van der Waals surface area contributed by atoms with Gasteiger partial charge in [0.05, 0.1) is 12.1 Å². The lowest BCUT2D eigenvalue weighted by Gasteiger charge is -2.34. The van der Waals surface area contributed by atoms with E-state index in [-0.39, 0.29) is 23.4 Å². The first-order valence-corrected chi connectivity index (χ1v) is 7.57. The smallest absolute Gasteiger partial charge is 0.237 e. The van der Waals surface area contributed by atoms with Crippen LogP contribution in [0.5, 0.6) is 0 Å². The highest BCUT2D eigenvalue weighted by molar-refractivity contribution is 5.82. The average molecular weight is 274 g/mol. The molecule has 1 aliphatic rings. The van der Waals surface area contributed by atoms with Gasteiger partial charge in [0.25, 0.3) is 0 Å². The number of carbonyl (C=O) groups is 1. The summed E-state index contributed by atoms with van der Waals surface area (Å²) >= 11 is 0. The van der Waals surface area contributed by atoms with Gasteiger partial charge in [-0.25, -0.2) is 0 Å². The maximum Gasteiger partial charge on any atom is 0.237 e. The van der Waals surface area contributed by atoms with Crippen LogP contribution in [0.4, 0.5) is 0 Å². The summed E-state index contributed by atoms with van der Waals surface area (Å²) in [7, 11) is 0. The highest BCUT2D eigenvalue weighted by Crippen LogP contribution is 2.32. The van der Waals surface area contributed by atoms with Gasteiger partial charge in [-0.15, -0.1) is 0 Å². The maximum absolute atomic E-state index is 12.5. The van der Waals surface area contributed by atoms with Crippen molar-refractivity contribution in [3.63, 3.8) is 0 Å². The Kier molecular flexibility index (Phi) is 4.81. The number of benzene rings is 1. The molecule has 2 N–H and O–H groups in total. The minimum absolute atomic E-state index is 0.00825. The lowest BCUT2D eigenvalue weighted by molar-refractivity contribution is -0.125. The summed E-state index contributed by atoms with van der Waals surface area (Å²) in [5.74, 6) is 0.133. The molecule has 1 aliphatic heterocycles. The molecule has 1 heterocycles. The second-order valence-corrected chi connectivity index (χ2v) is 6.72. The highest BCUT2D eigenvalue weighted by atomic mass is 16.2. The summed E-state index contributed by atoms with van der Waals surface area (Å²) in [5.41, 5.74) is 1.16. The third kappa shape index (κ3) is 3.83. The van der Waals surface area contributed by atoms with E-state index in [4.69, 9.17) is 0 Å². The van der Waals surface area contributed by atoms with Crippen molar-refractivity contribution in [2.24, 2.45) is 5.41 Å². The molecule has 0 aromatic heterocycles. The van der Waals surface area contributed by atoms with Crippen LogP contribution < -0.4 is 10.6 Å². The number of hydrogen-bond donors (Lipinski definition) is 2. The van der Waals surface area contributed by atoms with Crippen molar-refractivity contribution in [1.29, 1.82) is 0 Å². The number of carbonyl (C=O) groups excluding carboxylic acids is 1. The van der Waals surface area contributed by atoms with Crippen LogP contribution in [-0.2, 0) is 4.79 Å². The zero-order valence-corrected chi connectivity index (χ0v) is 12.8. The van der Waals surface area contributed by atoms with Gasteiger partial charge in [-0.2, -0.15) is 0 Å². The normalized spacial score (nSPS) is 21.2. The standard InChI is InChI=1S/C17H26N2O/c1-17(2,3)15(13-9-5-4-6-10-13)19-16(20)14-11-7-8-12-18-14/h4-6,9-10,14-15,18H,7-8,11-12H2,1-3H3,(H,19,20). The zero-order chi connectivity index (χ0) is 14.6. The molecular formula is C17H26N2O. The van der Waals surface area contributed by atoms with Crippen LogP contribution in [0.2, 0.25) is 0 Å². The largest absolute Gasteiger partial charge is 0.347 e. The Morgan fingerprint density at radius 1 is 1.25 bits per heavy atom.